The lowest BCUT2D eigenvalue weighted by Crippen LogP contribution is -2.15. The van der Waals surface area contributed by atoms with Crippen molar-refractivity contribution in [2.45, 2.75) is 57.0 Å². The van der Waals surface area contributed by atoms with E-state index in [0.29, 0.717) is 5.56 Å². The zero-order valence-corrected chi connectivity index (χ0v) is 13.1. The summed E-state index contributed by atoms with van der Waals surface area (Å²) < 4.78 is 50.8. The van der Waals surface area contributed by atoms with Crippen LogP contribution < -0.4 is 9.47 Å². The van der Waals surface area contributed by atoms with Crippen LogP contribution in [0, 0.1) is 0 Å². The van der Waals surface area contributed by atoms with Gasteiger partial charge in [-0.05, 0) is 24.8 Å². The Kier molecular flexibility index (Phi) is 5.59. The number of alkyl halides is 3. The highest BCUT2D eigenvalue weighted by molar-refractivity contribution is 5.50. The van der Waals surface area contributed by atoms with E-state index in [1.54, 1.807) is 6.07 Å². The highest BCUT2D eigenvalue weighted by Crippen LogP contribution is 2.45. The number of ether oxygens (including phenoxy) is 2. The third-order valence-electron chi connectivity index (χ3n) is 4.39. The molecule has 2 rings (SSSR count). The molecule has 0 aromatic heterocycles. The molecule has 0 spiro atoms. The molecular weight excluding hydrogens is 293 g/mol. The molecule has 0 N–H and O–H groups in total. The zero-order valence-electron chi connectivity index (χ0n) is 13.1. The lowest BCUT2D eigenvalue weighted by atomic mass is 9.83. The van der Waals surface area contributed by atoms with Gasteiger partial charge in [0.15, 0.2) is 0 Å². The van der Waals surface area contributed by atoms with Crippen molar-refractivity contribution in [2.75, 3.05) is 14.2 Å². The molecule has 1 aliphatic rings. The van der Waals surface area contributed by atoms with Crippen molar-refractivity contribution in [2.24, 2.45) is 0 Å². The maximum absolute atomic E-state index is 13.5. The lowest BCUT2D eigenvalue weighted by molar-refractivity contribution is -0.138. The van der Waals surface area contributed by atoms with E-state index >= 15 is 0 Å². The molecule has 0 saturated heterocycles. The molecule has 1 aliphatic carbocycles. The van der Waals surface area contributed by atoms with Gasteiger partial charge in [-0.2, -0.15) is 13.2 Å². The minimum absolute atomic E-state index is 0.0993. The normalized spacial score (nSPS) is 17.7. The van der Waals surface area contributed by atoms with E-state index in [1.165, 1.54) is 20.6 Å². The quantitative estimate of drug-likeness (QED) is 0.728. The lowest BCUT2D eigenvalue weighted by Gasteiger charge is -2.26. The van der Waals surface area contributed by atoms with Crippen LogP contribution in [0.1, 0.15) is 62.0 Å². The molecule has 5 heteroatoms. The summed E-state index contributed by atoms with van der Waals surface area (Å²) in [7, 11) is 2.78. The van der Waals surface area contributed by atoms with Crippen molar-refractivity contribution in [3.8, 4) is 11.5 Å². The van der Waals surface area contributed by atoms with E-state index in [-0.39, 0.29) is 17.4 Å². The summed E-state index contributed by atoms with van der Waals surface area (Å²) in [5, 5.41) is 0. The fourth-order valence-corrected chi connectivity index (χ4v) is 3.29. The van der Waals surface area contributed by atoms with Crippen LogP contribution in [-0.2, 0) is 6.18 Å². The van der Waals surface area contributed by atoms with Crippen LogP contribution in [-0.4, -0.2) is 14.2 Å². The van der Waals surface area contributed by atoms with Gasteiger partial charge in [0.2, 0.25) is 0 Å². The summed E-state index contributed by atoms with van der Waals surface area (Å²) in [5.74, 6) is 0.369. The third kappa shape index (κ3) is 3.87. The Morgan fingerprint density at radius 1 is 0.909 bits per heavy atom. The van der Waals surface area contributed by atoms with Gasteiger partial charge in [-0.1, -0.05) is 32.1 Å². The molecule has 1 aromatic carbocycles. The molecular formula is C17H23F3O2. The van der Waals surface area contributed by atoms with Gasteiger partial charge in [-0.3, -0.25) is 0 Å². The summed E-state index contributed by atoms with van der Waals surface area (Å²) in [5.41, 5.74) is -0.313. The van der Waals surface area contributed by atoms with Crippen molar-refractivity contribution in [3.63, 3.8) is 0 Å². The second-order valence-corrected chi connectivity index (χ2v) is 5.83. The minimum Gasteiger partial charge on any atom is -0.497 e. The zero-order chi connectivity index (χ0) is 16.2. The number of hydrogen-bond donors (Lipinski definition) is 0. The molecule has 0 radical (unpaired) electrons. The van der Waals surface area contributed by atoms with Crippen LogP contribution in [0.2, 0.25) is 0 Å². The van der Waals surface area contributed by atoms with Gasteiger partial charge in [0, 0.05) is 11.6 Å². The topological polar surface area (TPSA) is 18.5 Å². The van der Waals surface area contributed by atoms with Crippen molar-refractivity contribution < 1.29 is 22.6 Å². The second-order valence-electron chi connectivity index (χ2n) is 5.83. The van der Waals surface area contributed by atoms with Crippen LogP contribution in [0.3, 0.4) is 0 Å². The molecule has 1 aromatic rings. The molecule has 0 atom stereocenters. The Morgan fingerprint density at radius 2 is 1.50 bits per heavy atom. The maximum atomic E-state index is 13.5. The molecule has 22 heavy (non-hydrogen) atoms. The van der Waals surface area contributed by atoms with Gasteiger partial charge in [-0.25, -0.2) is 0 Å². The summed E-state index contributed by atoms with van der Waals surface area (Å²) in [6.07, 6.45) is 2.47. The Hall–Kier alpha value is -1.39. The summed E-state index contributed by atoms with van der Waals surface area (Å²) >= 11 is 0. The average Bonchev–Trinajstić information content (AvgIpc) is 2.45. The third-order valence-corrected chi connectivity index (χ3v) is 4.39. The largest absolute Gasteiger partial charge is 0.497 e. The molecule has 2 nitrogen and oxygen atoms in total. The number of methoxy groups -OCH3 is 2. The van der Waals surface area contributed by atoms with Crippen LogP contribution in [0.25, 0.3) is 0 Å². The predicted octanol–water partition coefficient (Wildman–Crippen LogP) is 5.55. The van der Waals surface area contributed by atoms with Crippen molar-refractivity contribution in [3.05, 3.63) is 23.3 Å². The Bertz CT molecular complexity index is 489. The predicted molar refractivity (Wildman–Crippen MR) is 79.6 cm³/mol. The Balaban J connectivity index is 2.50. The Labute approximate surface area is 129 Å². The first-order valence-electron chi connectivity index (χ1n) is 7.80. The molecule has 0 unspecified atom stereocenters. The maximum Gasteiger partial charge on any atom is 0.416 e. The number of rotatable bonds is 3. The first-order chi connectivity index (χ1) is 10.5. The smallest absolute Gasteiger partial charge is 0.416 e. The molecule has 1 saturated carbocycles. The fraction of sp³-hybridized carbons (Fsp3) is 0.647. The van der Waals surface area contributed by atoms with Crippen molar-refractivity contribution in [1.82, 2.24) is 0 Å². The van der Waals surface area contributed by atoms with Crippen LogP contribution in [0.4, 0.5) is 13.2 Å². The van der Waals surface area contributed by atoms with Gasteiger partial charge >= 0.3 is 6.18 Å². The molecule has 0 heterocycles. The van der Waals surface area contributed by atoms with Gasteiger partial charge in [0.1, 0.15) is 11.5 Å². The average molecular weight is 316 g/mol. The van der Waals surface area contributed by atoms with E-state index < -0.39 is 11.7 Å². The summed E-state index contributed by atoms with van der Waals surface area (Å²) in [6.45, 7) is 0. The molecule has 1 fully saturated rings. The van der Waals surface area contributed by atoms with Crippen LogP contribution >= 0.6 is 0 Å². The Morgan fingerprint density at radius 3 is 2.00 bits per heavy atom. The summed E-state index contributed by atoms with van der Waals surface area (Å²) in [6, 6.07) is 2.65. The number of hydrogen-bond acceptors (Lipinski definition) is 2. The van der Waals surface area contributed by atoms with E-state index in [9.17, 15) is 13.2 Å². The first kappa shape index (κ1) is 17.0. The summed E-state index contributed by atoms with van der Waals surface area (Å²) in [4.78, 5) is 0. The SMILES string of the molecule is COc1cc(OC)c(C2CCCCCCC2)c(C(F)(F)F)c1. The first-order valence-corrected chi connectivity index (χ1v) is 7.80. The van der Waals surface area contributed by atoms with Gasteiger partial charge in [0.25, 0.3) is 0 Å². The fourth-order valence-electron chi connectivity index (χ4n) is 3.29. The monoisotopic (exact) mass is 316 g/mol. The molecule has 0 aliphatic heterocycles. The minimum atomic E-state index is -4.40. The highest BCUT2D eigenvalue weighted by atomic mass is 19.4. The van der Waals surface area contributed by atoms with Crippen LogP contribution in [0.5, 0.6) is 11.5 Å². The highest BCUT2D eigenvalue weighted by Gasteiger charge is 2.37. The molecule has 124 valence electrons. The van der Waals surface area contributed by atoms with Crippen LogP contribution in [0.15, 0.2) is 12.1 Å². The van der Waals surface area contributed by atoms with E-state index in [1.807, 2.05) is 0 Å². The second kappa shape index (κ2) is 7.25. The number of benzene rings is 1. The van der Waals surface area contributed by atoms with E-state index in [0.717, 1.165) is 44.6 Å². The van der Waals surface area contributed by atoms with Crippen molar-refractivity contribution >= 4 is 0 Å². The standard InChI is InChI=1S/C17H23F3O2/c1-21-13-10-14(17(18,19)20)16(15(11-13)22-2)12-8-6-4-3-5-7-9-12/h10-12H,3-9H2,1-2H3. The van der Waals surface area contributed by atoms with Gasteiger partial charge in [0.05, 0.1) is 19.8 Å². The molecule has 0 amide bonds. The number of halogens is 3. The molecule has 0 bridgehead atoms. The van der Waals surface area contributed by atoms with E-state index in [4.69, 9.17) is 9.47 Å². The van der Waals surface area contributed by atoms with Gasteiger partial charge in [-0.15, -0.1) is 0 Å². The van der Waals surface area contributed by atoms with E-state index in [2.05, 4.69) is 0 Å². The van der Waals surface area contributed by atoms with Gasteiger partial charge < -0.3 is 9.47 Å². The van der Waals surface area contributed by atoms with Crippen molar-refractivity contribution in [1.29, 1.82) is 0 Å².